The van der Waals surface area contributed by atoms with Crippen molar-refractivity contribution < 1.29 is 0 Å². The molecule has 0 atom stereocenters. The molecule has 1 aliphatic rings. The topological polar surface area (TPSA) is 103 Å². The van der Waals surface area contributed by atoms with Gasteiger partial charge in [0, 0.05) is 5.69 Å². The summed E-state index contributed by atoms with van der Waals surface area (Å²) in [6, 6.07) is 16.9. The molecule has 2 aromatic carbocycles. The zero-order valence-electron chi connectivity index (χ0n) is 12.5. The third kappa shape index (κ3) is 3.47. The largest absolute Gasteiger partial charge is 0.399 e. The molecule has 2 aromatic rings. The van der Waals surface area contributed by atoms with E-state index >= 15 is 0 Å². The quantitative estimate of drug-likeness (QED) is 0.587. The van der Waals surface area contributed by atoms with Crippen molar-refractivity contribution in [2.45, 2.75) is 0 Å². The van der Waals surface area contributed by atoms with E-state index in [-0.39, 0.29) is 0 Å². The minimum atomic E-state index is 0.478. The van der Waals surface area contributed by atoms with E-state index in [2.05, 4.69) is 9.98 Å². The fourth-order valence-corrected chi connectivity index (χ4v) is 2.12. The number of aliphatic imine (C=N–C) groups is 2. The van der Waals surface area contributed by atoms with Crippen LogP contribution in [0.2, 0.25) is 0 Å². The molecule has 0 heterocycles. The fraction of sp³-hybridized carbons (Fsp3) is 0. The van der Waals surface area contributed by atoms with Crippen molar-refractivity contribution in [3.63, 3.8) is 0 Å². The molecule has 0 fully saturated rings. The second-order valence-corrected chi connectivity index (χ2v) is 5.12. The van der Waals surface area contributed by atoms with E-state index < -0.39 is 0 Å². The molecule has 0 saturated carbocycles. The van der Waals surface area contributed by atoms with Gasteiger partial charge in [0.25, 0.3) is 0 Å². The number of hydrogen-bond donors (Lipinski definition) is 3. The van der Waals surface area contributed by atoms with Crippen molar-refractivity contribution >= 4 is 28.5 Å². The molecule has 0 aliphatic heterocycles. The fourth-order valence-electron chi connectivity index (χ4n) is 2.12. The van der Waals surface area contributed by atoms with E-state index in [1.54, 1.807) is 24.3 Å². The Morgan fingerprint density at radius 1 is 0.565 bits per heavy atom. The van der Waals surface area contributed by atoms with Crippen LogP contribution in [0.5, 0.6) is 0 Å². The molecule has 3 rings (SSSR count). The lowest BCUT2D eigenvalue weighted by atomic mass is 10.0. The summed E-state index contributed by atoms with van der Waals surface area (Å²) in [6.07, 6.45) is 3.46. The number of nitrogen functional groups attached to an aromatic ring is 1. The van der Waals surface area contributed by atoms with Crippen LogP contribution < -0.4 is 17.2 Å². The number of para-hydroxylation sites is 1. The average molecular weight is 303 g/mol. The van der Waals surface area contributed by atoms with E-state index in [0.29, 0.717) is 28.5 Å². The third-order valence-corrected chi connectivity index (χ3v) is 3.33. The van der Waals surface area contributed by atoms with E-state index in [0.717, 1.165) is 11.4 Å². The highest BCUT2D eigenvalue weighted by Crippen LogP contribution is 2.19. The molecule has 0 unspecified atom stereocenters. The molecular formula is C18H17N5. The van der Waals surface area contributed by atoms with Gasteiger partial charge in [-0.3, -0.25) is 0 Å². The molecule has 23 heavy (non-hydrogen) atoms. The first-order chi connectivity index (χ1) is 11.1. The normalized spacial score (nSPS) is 17.9. The number of nitrogens with two attached hydrogens (primary N) is 3. The first kappa shape index (κ1) is 14.6. The summed E-state index contributed by atoms with van der Waals surface area (Å²) >= 11 is 0. The Labute approximate surface area is 134 Å². The number of rotatable bonds is 2. The van der Waals surface area contributed by atoms with Gasteiger partial charge >= 0.3 is 0 Å². The maximum absolute atomic E-state index is 5.91. The van der Waals surface area contributed by atoms with Gasteiger partial charge in [0.1, 0.15) is 0 Å². The predicted octanol–water partition coefficient (Wildman–Crippen LogP) is 2.81. The summed E-state index contributed by atoms with van der Waals surface area (Å²) in [5, 5.41) is 0. The van der Waals surface area contributed by atoms with Gasteiger partial charge in [0.05, 0.1) is 34.2 Å². The van der Waals surface area contributed by atoms with Crippen LogP contribution in [0.4, 0.5) is 17.1 Å². The van der Waals surface area contributed by atoms with Crippen LogP contribution in [0.25, 0.3) is 0 Å². The summed E-state index contributed by atoms with van der Waals surface area (Å²) < 4.78 is 0. The third-order valence-electron chi connectivity index (χ3n) is 3.33. The minimum Gasteiger partial charge on any atom is -0.399 e. The first-order valence-corrected chi connectivity index (χ1v) is 7.15. The molecule has 6 N–H and O–H groups in total. The van der Waals surface area contributed by atoms with Crippen LogP contribution in [-0.4, -0.2) is 11.4 Å². The van der Waals surface area contributed by atoms with Gasteiger partial charge in [-0.15, -0.1) is 0 Å². The molecule has 0 amide bonds. The number of allylic oxidation sites excluding steroid dienone is 2. The zero-order chi connectivity index (χ0) is 16.2. The van der Waals surface area contributed by atoms with Crippen LogP contribution in [0.3, 0.4) is 0 Å². The Kier molecular flexibility index (Phi) is 3.93. The van der Waals surface area contributed by atoms with Crippen molar-refractivity contribution in [2.75, 3.05) is 5.73 Å². The van der Waals surface area contributed by atoms with Gasteiger partial charge in [0.15, 0.2) is 0 Å². The monoisotopic (exact) mass is 303 g/mol. The van der Waals surface area contributed by atoms with Crippen molar-refractivity contribution in [1.29, 1.82) is 0 Å². The van der Waals surface area contributed by atoms with Crippen LogP contribution in [0, 0.1) is 0 Å². The van der Waals surface area contributed by atoms with E-state index in [4.69, 9.17) is 17.2 Å². The van der Waals surface area contributed by atoms with Crippen molar-refractivity contribution in [3.05, 3.63) is 78.1 Å². The molecule has 0 spiro atoms. The van der Waals surface area contributed by atoms with Crippen LogP contribution in [0.15, 0.2) is 88.1 Å². The summed E-state index contributed by atoms with van der Waals surface area (Å²) in [7, 11) is 0. The Hall–Kier alpha value is -3.34. The highest BCUT2D eigenvalue weighted by atomic mass is 14.8. The first-order valence-electron chi connectivity index (χ1n) is 7.15. The van der Waals surface area contributed by atoms with E-state index in [1.807, 2.05) is 42.5 Å². The average Bonchev–Trinajstić information content (AvgIpc) is 2.55. The Morgan fingerprint density at radius 2 is 1.04 bits per heavy atom. The molecule has 5 heteroatoms. The molecule has 0 saturated heterocycles. The molecule has 114 valence electrons. The Bertz CT molecular complexity index is 827. The lowest BCUT2D eigenvalue weighted by molar-refractivity contribution is 1.25. The van der Waals surface area contributed by atoms with Crippen molar-refractivity contribution in [2.24, 2.45) is 21.5 Å². The number of anilines is 1. The second-order valence-electron chi connectivity index (χ2n) is 5.12. The summed E-state index contributed by atoms with van der Waals surface area (Å²) in [5.74, 6) is 0. The van der Waals surface area contributed by atoms with Crippen molar-refractivity contribution in [1.82, 2.24) is 0 Å². The van der Waals surface area contributed by atoms with Gasteiger partial charge < -0.3 is 17.2 Å². The molecular weight excluding hydrogens is 286 g/mol. The molecule has 1 aliphatic carbocycles. The zero-order valence-corrected chi connectivity index (χ0v) is 12.5. The Balaban J connectivity index is 2.04. The van der Waals surface area contributed by atoms with Gasteiger partial charge in [-0.2, -0.15) is 0 Å². The minimum absolute atomic E-state index is 0.478. The van der Waals surface area contributed by atoms with Gasteiger partial charge in [0.2, 0.25) is 0 Å². The SMILES string of the molecule is NC1=CC(=Nc2ccccc2)C(=Nc2ccc(N)cc2)C=C1N. The lowest BCUT2D eigenvalue weighted by Crippen LogP contribution is -2.22. The van der Waals surface area contributed by atoms with Gasteiger partial charge in [-0.05, 0) is 48.6 Å². The summed E-state index contributed by atoms with van der Waals surface area (Å²) in [5.41, 5.74) is 22.1. The summed E-state index contributed by atoms with van der Waals surface area (Å²) in [4.78, 5) is 9.20. The highest BCUT2D eigenvalue weighted by Gasteiger charge is 2.14. The molecule has 0 radical (unpaired) electrons. The molecule has 0 bridgehead atoms. The highest BCUT2D eigenvalue weighted by molar-refractivity contribution is 6.52. The van der Waals surface area contributed by atoms with Crippen molar-refractivity contribution in [3.8, 4) is 0 Å². The standard InChI is InChI=1S/C18H17N5/c19-12-6-8-14(9-7-12)23-18-11-16(21)15(20)10-17(18)22-13-4-2-1-3-5-13/h1-11H,19-21H2. The molecule has 0 aromatic heterocycles. The van der Waals surface area contributed by atoms with E-state index in [1.165, 1.54) is 0 Å². The smallest absolute Gasteiger partial charge is 0.0915 e. The molecule has 5 nitrogen and oxygen atoms in total. The lowest BCUT2D eigenvalue weighted by Gasteiger charge is -2.12. The summed E-state index contributed by atoms with van der Waals surface area (Å²) in [6.45, 7) is 0. The van der Waals surface area contributed by atoms with Gasteiger partial charge in [-0.1, -0.05) is 18.2 Å². The van der Waals surface area contributed by atoms with Crippen LogP contribution in [-0.2, 0) is 0 Å². The van der Waals surface area contributed by atoms with Crippen LogP contribution >= 0.6 is 0 Å². The number of benzene rings is 2. The second kappa shape index (κ2) is 6.19. The van der Waals surface area contributed by atoms with Gasteiger partial charge in [-0.25, -0.2) is 9.98 Å². The maximum Gasteiger partial charge on any atom is 0.0915 e. The van der Waals surface area contributed by atoms with E-state index in [9.17, 15) is 0 Å². The Morgan fingerprint density at radius 3 is 1.57 bits per heavy atom. The predicted molar refractivity (Wildman–Crippen MR) is 96.0 cm³/mol. The maximum atomic E-state index is 5.91. The van der Waals surface area contributed by atoms with Crippen LogP contribution in [0.1, 0.15) is 0 Å². The number of hydrogen-bond acceptors (Lipinski definition) is 5. The number of nitrogens with zero attached hydrogens (tertiary/aromatic N) is 2.